The van der Waals surface area contributed by atoms with Gasteiger partial charge in [-0.1, -0.05) is 0 Å². The van der Waals surface area contributed by atoms with E-state index < -0.39 is 0 Å². The van der Waals surface area contributed by atoms with Gasteiger partial charge in [-0.05, 0) is 37.3 Å². The Morgan fingerprint density at radius 3 is 2.56 bits per heavy atom. The molecule has 2 aromatic rings. The minimum Gasteiger partial charge on any atom is -0.508 e. The van der Waals surface area contributed by atoms with E-state index in [9.17, 15) is 4.79 Å². The molecule has 4 heteroatoms. The summed E-state index contributed by atoms with van der Waals surface area (Å²) < 4.78 is 5.04. The molecule has 0 aliphatic rings. The molecule has 82 valence electrons. The number of nitrogens with one attached hydrogen (secondary N) is 1. The molecule has 4 nitrogen and oxygen atoms in total. The number of hydrogen-bond acceptors (Lipinski definition) is 3. The predicted molar refractivity (Wildman–Crippen MR) is 59.5 cm³/mol. The molecule has 0 bridgehead atoms. The van der Waals surface area contributed by atoms with Crippen molar-refractivity contribution < 1.29 is 14.3 Å². The second-order valence-electron chi connectivity index (χ2n) is 3.45. The molecule has 0 spiro atoms. The summed E-state index contributed by atoms with van der Waals surface area (Å²) in [7, 11) is 0. The first-order valence-corrected chi connectivity index (χ1v) is 4.80. The van der Waals surface area contributed by atoms with Crippen molar-refractivity contribution in [3.8, 4) is 5.75 Å². The summed E-state index contributed by atoms with van der Waals surface area (Å²) in [5.74, 6) is 0.621. The Hall–Kier alpha value is -2.23. The van der Waals surface area contributed by atoms with Crippen LogP contribution in [0, 0.1) is 6.92 Å². The van der Waals surface area contributed by atoms with E-state index in [0.717, 1.165) is 0 Å². The molecule has 0 aliphatic heterocycles. The SMILES string of the molecule is Cc1cc(C(=O)Nc2ccc(O)cc2)co1. The van der Waals surface area contributed by atoms with Crippen LogP contribution in [0.4, 0.5) is 5.69 Å². The van der Waals surface area contributed by atoms with E-state index >= 15 is 0 Å². The second-order valence-corrected chi connectivity index (χ2v) is 3.45. The number of furan rings is 1. The van der Waals surface area contributed by atoms with Crippen LogP contribution in [-0.2, 0) is 0 Å². The summed E-state index contributed by atoms with van der Waals surface area (Å²) in [4.78, 5) is 11.7. The van der Waals surface area contributed by atoms with Crippen molar-refractivity contribution >= 4 is 11.6 Å². The average Bonchev–Trinajstić information content (AvgIpc) is 2.68. The van der Waals surface area contributed by atoms with Crippen molar-refractivity contribution in [1.82, 2.24) is 0 Å². The van der Waals surface area contributed by atoms with Crippen LogP contribution in [0.5, 0.6) is 5.75 Å². The van der Waals surface area contributed by atoms with Gasteiger partial charge in [0, 0.05) is 5.69 Å². The third-order valence-electron chi connectivity index (χ3n) is 2.12. The zero-order chi connectivity index (χ0) is 11.5. The fourth-order valence-corrected chi connectivity index (χ4v) is 1.31. The van der Waals surface area contributed by atoms with E-state index in [1.807, 2.05) is 0 Å². The molecule has 1 aromatic carbocycles. The Labute approximate surface area is 92.5 Å². The van der Waals surface area contributed by atoms with Crippen molar-refractivity contribution in [3.63, 3.8) is 0 Å². The number of carbonyl (C=O) groups excluding carboxylic acids is 1. The van der Waals surface area contributed by atoms with E-state index in [1.54, 1.807) is 25.1 Å². The van der Waals surface area contributed by atoms with Crippen LogP contribution in [0.2, 0.25) is 0 Å². The third-order valence-corrected chi connectivity index (χ3v) is 2.12. The summed E-state index contributed by atoms with van der Waals surface area (Å²) in [5, 5.41) is 11.8. The van der Waals surface area contributed by atoms with Gasteiger partial charge in [0.05, 0.1) is 5.56 Å². The van der Waals surface area contributed by atoms with E-state index in [0.29, 0.717) is 17.0 Å². The van der Waals surface area contributed by atoms with Gasteiger partial charge in [0.2, 0.25) is 0 Å². The van der Waals surface area contributed by atoms with Crippen LogP contribution in [0.25, 0.3) is 0 Å². The maximum absolute atomic E-state index is 11.7. The van der Waals surface area contributed by atoms with E-state index in [4.69, 9.17) is 9.52 Å². The van der Waals surface area contributed by atoms with Gasteiger partial charge in [-0.2, -0.15) is 0 Å². The number of benzene rings is 1. The smallest absolute Gasteiger partial charge is 0.258 e. The quantitative estimate of drug-likeness (QED) is 0.760. The number of aryl methyl sites for hydroxylation is 1. The first-order valence-electron chi connectivity index (χ1n) is 4.80. The molecule has 0 aliphatic carbocycles. The molecular formula is C12H11NO3. The number of anilines is 1. The first kappa shape index (κ1) is 10.3. The highest BCUT2D eigenvalue weighted by molar-refractivity contribution is 6.04. The summed E-state index contributed by atoms with van der Waals surface area (Å²) >= 11 is 0. The zero-order valence-corrected chi connectivity index (χ0v) is 8.73. The maximum Gasteiger partial charge on any atom is 0.258 e. The largest absolute Gasteiger partial charge is 0.508 e. The van der Waals surface area contributed by atoms with Crippen molar-refractivity contribution in [1.29, 1.82) is 0 Å². The minimum absolute atomic E-state index is 0.164. The van der Waals surface area contributed by atoms with Crippen LogP contribution in [0.15, 0.2) is 41.0 Å². The highest BCUT2D eigenvalue weighted by Gasteiger charge is 2.08. The average molecular weight is 217 g/mol. The maximum atomic E-state index is 11.7. The fraction of sp³-hybridized carbons (Fsp3) is 0.0833. The summed E-state index contributed by atoms with van der Waals surface area (Å²) in [6.45, 7) is 1.78. The number of hydrogen-bond donors (Lipinski definition) is 2. The lowest BCUT2D eigenvalue weighted by Crippen LogP contribution is -2.10. The molecule has 0 fully saturated rings. The predicted octanol–water partition coefficient (Wildman–Crippen LogP) is 2.55. The molecule has 2 rings (SSSR count). The molecule has 0 saturated heterocycles. The highest BCUT2D eigenvalue weighted by Crippen LogP contribution is 2.15. The molecule has 2 N–H and O–H groups in total. The minimum atomic E-state index is -0.234. The van der Waals surface area contributed by atoms with E-state index in [-0.39, 0.29) is 11.7 Å². The summed E-state index contributed by atoms with van der Waals surface area (Å²) in [6.07, 6.45) is 1.41. The number of amides is 1. The van der Waals surface area contributed by atoms with Gasteiger partial charge in [-0.15, -0.1) is 0 Å². The molecule has 0 radical (unpaired) electrons. The van der Waals surface area contributed by atoms with Gasteiger partial charge in [0.15, 0.2) is 0 Å². The standard InChI is InChI=1S/C12H11NO3/c1-8-6-9(7-16-8)12(15)13-10-2-4-11(14)5-3-10/h2-7,14H,1H3,(H,13,15). The van der Waals surface area contributed by atoms with Crippen LogP contribution >= 0.6 is 0 Å². The van der Waals surface area contributed by atoms with Gasteiger partial charge in [-0.25, -0.2) is 0 Å². The van der Waals surface area contributed by atoms with Crippen molar-refractivity contribution in [3.05, 3.63) is 47.9 Å². The van der Waals surface area contributed by atoms with Crippen LogP contribution in [0.3, 0.4) is 0 Å². The Kier molecular flexibility index (Phi) is 2.64. The van der Waals surface area contributed by atoms with E-state index in [1.165, 1.54) is 18.4 Å². The number of rotatable bonds is 2. The van der Waals surface area contributed by atoms with Gasteiger partial charge in [0.25, 0.3) is 5.91 Å². The highest BCUT2D eigenvalue weighted by atomic mass is 16.3. The third kappa shape index (κ3) is 2.23. The Bertz CT molecular complexity index is 499. The first-order chi connectivity index (χ1) is 7.65. The molecule has 16 heavy (non-hydrogen) atoms. The van der Waals surface area contributed by atoms with Gasteiger partial charge in [-0.3, -0.25) is 4.79 Å². The van der Waals surface area contributed by atoms with Crippen LogP contribution in [0.1, 0.15) is 16.1 Å². The Morgan fingerprint density at radius 1 is 1.31 bits per heavy atom. The van der Waals surface area contributed by atoms with Crippen LogP contribution < -0.4 is 5.32 Å². The number of phenols is 1. The van der Waals surface area contributed by atoms with Crippen molar-refractivity contribution in [2.24, 2.45) is 0 Å². The van der Waals surface area contributed by atoms with Gasteiger partial charge >= 0.3 is 0 Å². The zero-order valence-electron chi connectivity index (χ0n) is 8.73. The van der Waals surface area contributed by atoms with Gasteiger partial charge < -0.3 is 14.8 Å². The lowest BCUT2D eigenvalue weighted by atomic mass is 10.2. The Balaban J connectivity index is 2.10. The van der Waals surface area contributed by atoms with Crippen molar-refractivity contribution in [2.45, 2.75) is 6.92 Å². The van der Waals surface area contributed by atoms with Gasteiger partial charge in [0.1, 0.15) is 17.8 Å². The topological polar surface area (TPSA) is 62.5 Å². The number of phenolic OH excluding ortho intramolecular Hbond substituents is 1. The molecule has 0 atom stereocenters. The molecule has 1 aromatic heterocycles. The lowest BCUT2D eigenvalue weighted by molar-refractivity contribution is 0.102. The normalized spacial score (nSPS) is 10.1. The summed E-state index contributed by atoms with van der Waals surface area (Å²) in [6, 6.07) is 7.93. The molecule has 1 heterocycles. The lowest BCUT2D eigenvalue weighted by Gasteiger charge is -2.02. The molecule has 0 saturated carbocycles. The van der Waals surface area contributed by atoms with Crippen LogP contribution in [-0.4, -0.2) is 11.0 Å². The number of aromatic hydroxyl groups is 1. The van der Waals surface area contributed by atoms with E-state index in [2.05, 4.69) is 5.32 Å². The second kappa shape index (κ2) is 4.10. The van der Waals surface area contributed by atoms with Crippen molar-refractivity contribution in [2.75, 3.05) is 5.32 Å². The monoisotopic (exact) mass is 217 g/mol. The molecule has 1 amide bonds. The Morgan fingerprint density at radius 2 is 2.00 bits per heavy atom. The number of carbonyl (C=O) groups is 1. The summed E-state index contributed by atoms with van der Waals surface area (Å²) in [5.41, 5.74) is 1.10. The molecular weight excluding hydrogens is 206 g/mol. The fourth-order valence-electron chi connectivity index (χ4n) is 1.31. The molecule has 0 unspecified atom stereocenters.